The van der Waals surface area contributed by atoms with Gasteiger partial charge >= 0.3 is 0 Å². The fraction of sp³-hybridized carbons (Fsp3) is 0.667. The van der Waals surface area contributed by atoms with E-state index in [0.717, 1.165) is 5.75 Å². The Labute approximate surface area is 123 Å². The lowest BCUT2D eigenvalue weighted by atomic mass is 10.2. The molecule has 112 valence electrons. The fourth-order valence-corrected chi connectivity index (χ4v) is 2.22. The molecule has 0 saturated heterocycles. The highest BCUT2D eigenvalue weighted by Gasteiger charge is 2.23. The maximum Gasteiger partial charge on any atom is 0.245 e. The highest BCUT2D eigenvalue weighted by atomic mass is 32.2. The average Bonchev–Trinajstić information content (AvgIpc) is 2.78. The molecule has 0 spiro atoms. The van der Waals surface area contributed by atoms with Gasteiger partial charge in [-0.3, -0.25) is 9.59 Å². The molecule has 0 aliphatic rings. The second kappa shape index (κ2) is 7.88. The van der Waals surface area contributed by atoms with Crippen molar-refractivity contribution >= 4 is 23.6 Å². The fourth-order valence-electron chi connectivity index (χ4n) is 1.74. The van der Waals surface area contributed by atoms with E-state index in [4.69, 9.17) is 0 Å². The first-order valence-electron chi connectivity index (χ1n) is 6.29. The Bertz CT molecular complexity index is 462. The maximum absolute atomic E-state index is 12.4. The Morgan fingerprint density at radius 1 is 1.55 bits per heavy atom. The van der Waals surface area contributed by atoms with Crippen molar-refractivity contribution in [2.45, 2.75) is 25.9 Å². The molecule has 1 aromatic heterocycles. The lowest BCUT2D eigenvalue weighted by Crippen LogP contribution is -2.47. The monoisotopic (exact) mass is 299 g/mol. The first-order valence-corrected chi connectivity index (χ1v) is 7.69. The van der Waals surface area contributed by atoms with Gasteiger partial charge in [0.05, 0.1) is 6.54 Å². The molecule has 7 nitrogen and oxygen atoms in total. The summed E-state index contributed by atoms with van der Waals surface area (Å²) in [5.74, 6) is 1.20. The van der Waals surface area contributed by atoms with Crippen LogP contribution in [0.2, 0.25) is 0 Å². The van der Waals surface area contributed by atoms with Crippen molar-refractivity contribution < 1.29 is 9.59 Å². The van der Waals surface area contributed by atoms with Gasteiger partial charge < -0.3 is 14.8 Å². The Morgan fingerprint density at radius 2 is 2.25 bits per heavy atom. The van der Waals surface area contributed by atoms with Crippen molar-refractivity contribution in [3.05, 3.63) is 12.2 Å². The number of aromatic nitrogens is 3. The molecular weight excluding hydrogens is 278 g/mol. The molecule has 0 aliphatic heterocycles. The van der Waals surface area contributed by atoms with Crippen LogP contribution in [0.25, 0.3) is 0 Å². The number of thioether (sulfide) groups is 1. The van der Waals surface area contributed by atoms with Gasteiger partial charge in [0, 0.05) is 21.0 Å². The molecule has 0 aliphatic carbocycles. The first-order chi connectivity index (χ1) is 9.45. The van der Waals surface area contributed by atoms with Gasteiger partial charge in [-0.15, -0.1) is 10.2 Å². The standard InChI is InChI=1S/C12H21N5O2S/c1-9(18)14-10(5-6-20-4)12(19)16(2)7-11-15-13-8-17(11)3/h8,10H,5-7H2,1-4H3,(H,14,18)/t10-/m0/s1. The number of carbonyl (C=O) groups excluding carboxylic acids is 2. The van der Waals surface area contributed by atoms with Crippen LogP contribution < -0.4 is 5.32 Å². The van der Waals surface area contributed by atoms with Gasteiger partial charge in [-0.25, -0.2) is 0 Å². The summed E-state index contributed by atoms with van der Waals surface area (Å²) in [6, 6.07) is -0.488. The normalized spacial score (nSPS) is 12.0. The number of hydrogen-bond acceptors (Lipinski definition) is 5. The summed E-state index contributed by atoms with van der Waals surface area (Å²) in [5.41, 5.74) is 0. The van der Waals surface area contributed by atoms with E-state index < -0.39 is 6.04 Å². The van der Waals surface area contributed by atoms with Gasteiger partial charge in [0.15, 0.2) is 5.82 Å². The van der Waals surface area contributed by atoms with Crippen LogP contribution in [0.15, 0.2) is 6.33 Å². The third-order valence-electron chi connectivity index (χ3n) is 2.85. The second-order valence-electron chi connectivity index (χ2n) is 4.59. The summed E-state index contributed by atoms with van der Waals surface area (Å²) in [6.07, 6.45) is 4.17. The average molecular weight is 299 g/mol. The van der Waals surface area contributed by atoms with Gasteiger partial charge in [0.25, 0.3) is 0 Å². The second-order valence-corrected chi connectivity index (χ2v) is 5.57. The van der Waals surface area contributed by atoms with Crippen molar-refractivity contribution in [1.29, 1.82) is 0 Å². The van der Waals surface area contributed by atoms with E-state index in [0.29, 0.717) is 18.8 Å². The minimum Gasteiger partial charge on any atom is -0.345 e. The number of nitrogens with zero attached hydrogens (tertiary/aromatic N) is 4. The summed E-state index contributed by atoms with van der Waals surface area (Å²) in [7, 11) is 3.53. The number of nitrogens with one attached hydrogen (secondary N) is 1. The first kappa shape index (κ1) is 16.5. The Kier molecular flexibility index (Phi) is 6.50. The summed E-state index contributed by atoms with van der Waals surface area (Å²) in [5, 5.41) is 10.4. The smallest absolute Gasteiger partial charge is 0.245 e. The summed E-state index contributed by atoms with van der Waals surface area (Å²) >= 11 is 1.65. The van der Waals surface area contributed by atoms with Crippen molar-refractivity contribution in [3.63, 3.8) is 0 Å². The summed E-state index contributed by atoms with van der Waals surface area (Å²) < 4.78 is 1.76. The number of hydrogen-bond donors (Lipinski definition) is 1. The molecule has 1 aromatic rings. The van der Waals surface area contributed by atoms with Crippen molar-refractivity contribution in [1.82, 2.24) is 25.0 Å². The third kappa shape index (κ3) is 4.84. The van der Waals surface area contributed by atoms with E-state index in [1.807, 2.05) is 13.3 Å². The number of amides is 2. The highest BCUT2D eigenvalue weighted by molar-refractivity contribution is 7.98. The predicted octanol–water partition coefficient (Wildman–Crippen LogP) is 0.0313. The lowest BCUT2D eigenvalue weighted by molar-refractivity contribution is -0.135. The molecule has 20 heavy (non-hydrogen) atoms. The number of carbonyl (C=O) groups is 2. The minimum atomic E-state index is -0.488. The predicted molar refractivity (Wildman–Crippen MR) is 78.1 cm³/mol. The Balaban J connectivity index is 2.67. The van der Waals surface area contributed by atoms with Crippen LogP contribution >= 0.6 is 11.8 Å². The molecule has 0 aromatic carbocycles. The van der Waals surface area contributed by atoms with Crippen LogP contribution in [-0.2, 0) is 23.2 Å². The lowest BCUT2D eigenvalue weighted by Gasteiger charge is -2.23. The highest BCUT2D eigenvalue weighted by Crippen LogP contribution is 2.06. The van der Waals surface area contributed by atoms with Crippen molar-refractivity contribution in [2.75, 3.05) is 19.1 Å². The van der Waals surface area contributed by atoms with Crippen molar-refractivity contribution in [3.8, 4) is 0 Å². The Hall–Kier alpha value is -1.57. The van der Waals surface area contributed by atoms with Gasteiger partial charge in [-0.2, -0.15) is 11.8 Å². The molecular formula is C12H21N5O2S. The third-order valence-corrected chi connectivity index (χ3v) is 3.49. The van der Waals surface area contributed by atoms with Crippen molar-refractivity contribution in [2.24, 2.45) is 7.05 Å². The molecule has 0 radical (unpaired) electrons. The minimum absolute atomic E-state index is 0.114. The SMILES string of the molecule is CSCC[C@H](NC(C)=O)C(=O)N(C)Cc1nncn1C. The van der Waals surface area contributed by atoms with Crippen LogP contribution in [0, 0.1) is 0 Å². The van der Waals surface area contributed by atoms with Gasteiger partial charge in [0.1, 0.15) is 12.4 Å². The van der Waals surface area contributed by atoms with Gasteiger partial charge in [-0.1, -0.05) is 0 Å². The number of rotatable bonds is 7. The summed E-state index contributed by atoms with van der Waals surface area (Å²) in [4.78, 5) is 25.1. The summed E-state index contributed by atoms with van der Waals surface area (Å²) in [6.45, 7) is 1.78. The van der Waals surface area contributed by atoms with Crippen LogP contribution in [0.3, 0.4) is 0 Å². The largest absolute Gasteiger partial charge is 0.345 e. The molecule has 1 atom stereocenters. The van der Waals surface area contributed by atoms with E-state index >= 15 is 0 Å². The molecule has 1 rings (SSSR count). The van der Waals surface area contributed by atoms with E-state index in [1.54, 1.807) is 34.6 Å². The quantitative estimate of drug-likeness (QED) is 0.768. The molecule has 0 unspecified atom stereocenters. The zero-order chi connectivity index (χ0) is 15.1. The topological polar surface area (TPSA) is 80.1 Å². The van der Waals surface area contributed by atoms with Gasteiger partial charge in [-0.05, 0) is 18.4 Å². The zero-order valence-corrected chi connectivity index (χ0v) is 13.1. The van der Waals surface area contributed by atoms with E-state index in [9.17, 15) is 9.59 Å². The molecule has 8 heteroatoms. The molecule has 0 fully saturated rings. The molecule has 1 heterocycles. The zero-order valence-electron chi connectivity index (χ0n) is 12.3. The number of aryl methyl sites for hydroxylation is 1. The number of likely N-dealkylation sites (N-methyl/N-ethyl adjacent to an activating group) is 1. The van der Waals surface area contributed by atoms with E-state index in [2.05, 4.69) is 15.5 Å². The Morgan fingerprint density at radius 3 is 2.75 bits per heavy atom. The van der Waals surface area contributed by atoms with Crippen LogP contribution in [0.1, 0.15) is 19.2 Å². The van der Waals surface area contributed by atoms with Crippen LogP contribution in [0.5, 0.6) is 0 Å². The van der Waals surface area contributed by atoms with Gasteiger partial charge in [0.2, 0.25) is 11.8 Å². The molecule has 1 N–H and O–H groups in total. The molecule has 0 bridgehead atoms. The molecule has 0 saturated carbocycles. The van der Waals surface area contributed by atoms with Crippen LogP contribution in [-0.4, -0.2) is 56.6 Å². The van der Waals surface area contributed by atoms with E-state index in [1.165, 1.54) is 6.92 Å². The molecule has 2 amide bonds. The van der Waals surface area contributed by atoms with E-state index in [-0.39, 0.29) is 11.8 Å². The maximum atomic E-state index is 12.4. The van der Waals surface area contributed by atoms with Crippen LogP contribution in [0.4, 0.5) is 0 Å².